The highest BCUT2D eigenvalue weighted by Crippen LogP contribution is 2.10. The normalized spacial score (nSPS) is 11.6. The molecule has 1 rings (SSSR count). The van der Waals surface area contributed by atoms with Gasteiger partial charge in [0.05, 0.1) is 0 Å². The molecule has 0 N–H and O–H groups in total. The summed E-state index contributed by atoms with van der Waals surface area (Å²) in [5, 5.41) is 18.7. The van der Waals surface area contributed by atoms with Gasteiger partial charge in [0.1, 0.15) is 5.69 Å². The standard InChI is InChI=1S/C7H5N3O2/c8-5-7(10(11)12)6-3-1-2-4-9-6/h1-4,7H. The van der Waals surface area contributed by atoms with Gasteiger partial charge in [0.2, 0.25) is 0 Å². The Morgan fingerprint density at radius 1 is 1.67 bits per heavy atom. The molecule has 0 fully saturated rings. The average Bonchev–Trinajstić information content (AvgIpc) is 2.07. The molecule has 1 unspecified atom stereocenters. The number of hydrogen-bond donors (Lipinski definition) is 0. The zero-order valence-corrected chi connectivity index (χ0v) is 6.04. The van der Waals surface area contributed by atoms with E-state index in [1.807, 2.05) is 0 Å². The molecule has 0 saturated heterocycles. The van der Waals surface area contributed by atoms with Crippen molar-refractivity contribution in [1.82, 2.24) is 4.98 Å². The van der Waals surface area contributed by atoms with Gasteiger partial charge in [0.15, 0.2) is 6.07 Å². The lowest BCUT2D eigenvalue weighted by molar-refractivity contribution is -0.513. The second-order valence-corrected chi connectivity index (χ2v) is 2.07. The van der Waals surface area contributed by atoms with Crippen LogP contribution in [0, 0.1) is 21.4 Å². The van der Waals surface area contributed by atoms with Crippen molar-refractivity contribution in [3.8, 4) is 6.07 Å². The highest BCUT2D eigenvalue weighted by Gasteiger charge is 2.22. The number of nitrogens with zero attached hydrogens (tertiary/aromatic N) is 3. The molecular formula is C7H5N3O2. The van der Waals surface area contributed by atoms with E-state index < -0.39 is 11.0 Å². The van der Waals surface area contributed by atoms with Crippen LogP contribution in [-0.4, -0.2) is 9.91 Å². The van der Waals surface area contributed by atoms with Crippen LogP contribution in [-0.2, 0) is 0 Å². The van der Waals surface area contributed by atoms with Crippen LogP contribution in [0.1, 0.15) is 11.7 Å². The Balaban J connectivity index is 2.98. The summed E-state index contributed by atoms with van der Waals surface area (Å²) in [5.41, 5.74) is 0.171. The maximum absolute atomic E-state index is 10.3. The van der Waals surface area contributed by atoms with Crippen molar-refractivity contribution in [2.45, 2.75) is 6.04 Å². The molecule has 0 saturated carbocycles. The molecule has 1 aromatic heterocycles. The van der Waals surface area contributed by atoms with Gasteiger partial charge < -0.3 is 0 Å². The zero-order chi connectivity index (χ0) is 8.97. The maximum atomic E-state index is 10.3. The van der Waals surface area contributed by atoms with E-state index in [4.69, 9.17) is 5.26 Å². The molecule has 0 radical (unpaired) electrons. The molecule has 0 aliphatic rings. The first kappa shape index (κ1) is 8.14. The van der Waals surface area contributed by atoms with Crippen LogP contribution < -0.4 is 0 Å². The van der Waals surface area contributed by atoms with Gasteiger partial charge in [-0.25, -0.2) is 0 Å². The minimum Gasteiger partial charge on any atom is -0.263 e. The molecule has 0 amide bonds. The summed E-state index contributed by atoms with van der Waals surface area (Å²) in [6.07, 6.45) is 1.42. The van der Waals surface area contributed by atoms with Crippen LogP contribution in [0.25, 0.3) is 0 Å². The zero-order valence-electron chi connectivity index (χ0n) is 6.04. The molecule has 60 valence electrons. The van der Waals surface area contributed by atoms with Gasteiger partial charge in [-0.1, -0.05) is 6.07 Å². The highest BCUT2D eigenvalue weighted by molar-refractivity contribution is 5.12. The monoisotopic (exact) mass is 163 g/mol. The van der Waals surface area contributed by atoms with E-state index in [2.05, 4.69) is 4.98 Å². The molecule has 0 aliphatic heterocycles. The van der Waals surface area contributed by atoms with Crippen molar-refractivity contribution in [2.75, 3.05) is 0 Å². The van der Waals surface area contributed by atoms with E-state index in [0.717, 1.165) is 0 Å². The molecule has 0 spiro atoms. The second kappa shape index (κ2) is 3.44. The van der Waals surface area contributed by atoms with Crippen LogP contribution in [0.15, 0.2) is 24.4 Å². The Bertz CT molecular complexity index is 317. The largest absolute Gasteiger partial charge is 0.338 e. The first-order valence-electron chi connectivity index (χ1n) is 3.19. The van der Waals surface area contributed by atoms with E-state index in [9.17, 15) is 10.1 Å². The number of aromatic nitrogens is 1. The van der Waals surface area contributed by atoms with Crippen molar-refractivity contribution in [2.24, 2.45) is 0 Å². The van der Waals surface area contributed by atoms with Crippen LogP contribution in [0.2, 0.25) is 0 Å². The molecule has 1 atom stereocenters. The number of nitro groups is 1. The second-order valence-electron chi connectivity index (χ2n) is 2.07. The van der Waals surface area contributed by atoms with Crippen LogP contribution in [0.3, 0.4) is 0 Å². The molecule has 0 bridgehead atoms. The van der Waals surface area contributed by atoms with Gasteiger partial charge in [0.25, 0.3) is 0 Å². The third kappa shape index (κ3) is 1.55. The Morgan fingerprint density at radius 3 is 2.83 bits per heavy atom. The lowest BCUT2D eigenvalue weighted by atomic mass is 10.2. The van der Waals surface area contributed by atoms with Gasteiger partial charge in [-0.2, -0.15) is 5.26 Å². The summed E-state index contributed by atoms with van der Waals surface area (Å²) in [6.45, 7) is 0. The maximum Gasteiger partial charge on any atom is 0.338 e. The molecule has 12 heavy (non-hydrogen) atoms. The predicted molar refractivity (Wildman–Crippen MR) is 39.6 cm³/mol. The SMILES string of the molecule is N#CC(c1ccccn1)[N+](=O)[O-]. The fourth-order valence-corrected chi connectivity index (χ4v) is 0.759. The molecular weight excluding hydrogens is 158 g/mol. The fraction of sp³-hybridized carbons (Fsp3) is 0.143. The van der Waals surface area contributed by atoms with Gasteiger partial charge in [0, 0.05) is 11.1 Å². The number of pyridine rings is 1. The van der Waals surface area contributed by atoms with Gasteiger partial charge in [-0.3, -0.25) is 15.1 Å². The van der Waals surface area contributed by atoms with E-state index in [1.165, 1.54) is 12.3 Å². The predicted octanol–water partition coefficient (Wildman–Crippen LogP) is 0.923. The van der Waals surface area contributed by atoms with Crippen LogP contribution in [0.4, 0.5) is 0 Å². The van der Waals surface area contributed by atoms with E-state index in [1.54, 1.807) is 18.2 Å². The summed E-state index contributed by atoms with van der Waals surface area (Å²) in [4.78, 5) is 13.3. The fourth-order valence-electron chi connectivity index (χ4n) is 0.759. The average molecular weight is 163 g/mol. The Kier molecular flexibility index (Phi) is 2.33. The van der Waals surface area contributed by atoms with Gasteiger partial charge in [-0.15, -0.1) is 0 Å². The van der Waals surface area contributed by atoms with E-state index >= 15 is 0 Å². The number of rotatable bonds is 2. The van der Waals surface area contributed by atoms with Gasteiger partial charge >= 0.3 is 6.04 Å². The third-order valence-electron chi connectivity index (χ3n) is 1.30. The minimum atomic E-state index is -1.36. The Morgan fingerprint density at radius 2 is 2.42 bits per heavy atom. The number of hydrogen-bond acceptors (Lipinski definition) is 4. The topological polar surface area (TPSA) is 79.8 Å². The third-order valence-corrected chi connectivity index (χ3v) is 1.30. The first-order chi connectivity index (χ1) is 5.75. The molecule has 5 heteroatoms. The van der Waals surface area contributed by atoms with Crippen molar-refractivity contribution in [1.29, 1.82) is 5.26 Å². The molecule has 0 aromatic carbocycles. The van der Waals surface area contributed by atoms with E-state index in [-0.39, 0.29) is 5.69 Å². The summed E-state index contributed by atoms with van der Waals surface area (Å²) < 4.78 is 0. The highest BCUT2D eigenvalue weighted by atomic mass is 16.6. The lowest BCUT2D eigenvalue weighted by Gasteiger charge is -1.97. The molecule has 1 aromatic rings. The summed E-state index contributed by atoms with van der Waals surface area (Å²) >= 11 is 0. The lowest BCUT2D eigenvalue weighted by Crippen LogP contribution is -2.09. The van der Waals surface area contributed by atoms with Crippen molar-refractivity contribution < 1.29 is 4.92 Å². The van der Waals surface area contributed by atoms with Crippen LogP contribution >= 0.6 is 0 Å². The van der Waals surface area contributed by atoms with Crippen molar-refractivity contribution in [3.63, 3.8) is 0 Å². The summed E-state index contributed by atoms with van der Waals surface area (Å²) in [7, 11) is 0. The minimum absolute atomic E-state index is 0.171. The summed E-state index contributed by atoms with van der Waals surface area (Å²) in [6, 6.07) is 4.90. The summed E-state index contributed by atoms with van der Waals surface area (Å²) in [5.74, 6) is 0. The Labute approximate surface area is 68.4 Å². The molecule has 0 aliphatic carbocycles. The van der Waals surface area contributed by atoms with Crippen molar-refractivity contribution >= 4 is 0 Å². The number of nitriles is 1. The van der Waals surface area contributed by atoms with Gasteiger partial charge in [-0.05, 0) is 12.1 Å². The molecule has 1 heterocycles. The van der Waals surface area contributed by atoms with Crippen LogP contribution in [0.5, 0.6) is 0 Å². The quantitative estimate of drug-likeness (QED) is 0.479. The smallest absolute Gasteiger partial charge is 0.263 e. The molecule has 5 nitrogen and oxygen atoms in total. The first-order valence-corrected chi connectivity index (χ1v) is 3.19. The Hall–Kier alpha value is -1.96. The van der Waals surface area contributed by atoms with E-state index in [0.29, 0.717) is 0 Å². The van der Waals surface area contributed by atoms with Crippen molar-refractivity contribution in [3.05, 3.63) is 40.2 Å².